The van der Waals surface area contributed by atoms with Crippen molar-refractivity contribution in [2.24, 2.45) is 0 Å². The normalized spacial score (nSPS) is 11.8. The number of hydrogen-bond acceptors (Lipinski definition) is 4. The molecule has 5 nitrogen and oxygen atoms in total. The van der Waals surface area contributed by atoms with Crippen LogP contribution in [-0.4, -0.2) is 25.1 Å². The predicted molar refractivity (Wildman–Crippen MR) is 97.7 cm³/mol. The fourth-order valence-corrected chi connectivity index (χ4v) is 2.13. The van der Waals surface area contributed by atoms with Crippen molar-refractivity contribution in [3.8, 4) is 5.75 Å². The minimum Gasteiger partial charge on any atom is -0.497 e. The highest BCUT2D eigenvalue weighted by atomic mass is 35.5. The summed E-state index contributed by atoms with van der Waals surface area (Å²) < 4.78 is 10.1. The zero-order valence-corrected chi connectivity index (χ0v) is 14.6. The van der Waals surface area contributed by atoms with Crippen LogP contribution in [0.2, 0.25) is 5.02 Å². The van der Waals surface area contributed by atoms with E-state index in [0.29, 0.717) is 10.7 Å². The SMILES string of the molecule is COc1ccc(/C=C/C(=O)O[C@@H](C)C(=O)Nc2ccccc2Cl)cc1. The fourth-order valence-electron chi connectivity index (χ4n) is 1.94. The van der Waals surface area contributed by atoms with Gasteiger partial charge in [-0.25, -0.2) is 4.79 Å². The molecule has 0 saturated carbocycles. The van der Waals surface area contributed by atoms with Gasteiger partial charge >= 0.3 is 5.97 Å². The molecule has 0 unspecified atom stereocenters. The molecule has 25 heavy (non-hydrogen) atoms. The molecule has 2 aromatic rings. The largest absolute Gasteiger partial charge is 0.497 e. The van der Waals surface area contributed by atoms with Crippen LogP contribution in [0.15, 0.2) is 54.6 Å². The number of esters is 1. The third-order valence-electron chi connectivity index (χ3n) is 3.32. The maximum Gasteiger partial charge on any atom is 0.331 e. The predicted octanol–water partition coefficient (Wildman–Crippen LogP) is 3.93. The fraction of sp³-hybridized carbons (Fsp3) is 0.158. The molecule has 1 N–H and O–H groups in total. The Balaban J connectivity index is 1.89. The number of amides is 1. The second-order valence-electron chi connectivity index (χ2n) is 5.15. The standard InChI is InChI=1S/C19H18ClNO4/c1-13(19(23)21-17-6-4-3-5-16(17)20)25-18(22)12-9-14-7-10-15(24-2)11-8-14/h3-13H,1-2H3,(H,21,23)/b12-9+/t13-/m0/s1. The van der Waals surface area contributed by atoms with Crippen molar-refractivity contribution in [1.82, 2.24) is 0 Å². The zero-order valence-electron chi connectivity index (χ0n) is 13.9. The highest BCUT2D eigenvalue weighted by Gasteiger charge is 2.17. The van der Waals surface area contributed by atoms with Crippen molar-refractivity contribution in [2.45, 2.75) is 13.0 Å². The van der Waals surface area contributed by atoms with E-state index in [1.54, 1.807) is 61.7 Å². The van der Waals surface area contributed by atoms with Crippen molar-refractivity contribution in [2.75, 3.05) is 12.4 Å². The van der Waals surface area contributed by atoms with Crippen molar-refractivity contribution in [1.29, 1.82) is 0 Å². The van der Waals surface area contributed by atoms with Gasteiger partial charge in [-0.1, -0.05) is 35.9 Å². The molecule has 0 fully saturated rings. The van der Waals surface area contributed by atoms with Crippen molar-refractivity contribution in [3.05, 3.63) is 65.2 Å². The number of carbonyl (C=O) groups is 2. The zero-order chi connectivity index (χ0) is 18.2. The van der Waals surface area contributed by atoms with Crippen LogP contribution in [0.3, 0.4) is 0 Å². The summed E-state index contributed by atoms with van der Waals surface area (Å²) in [5.74, 6) is -0.346. The molecular formula is C19H18ClNO4. The van der Waals surface area contributed by atoms with Gasteiger partial charge in [0.05, 0.1) is 17.8 Å². The van der Waals surface area contributed by atoms with E-state index >= 15 is 0 Å². The summed E-state index contributed by atoms with van der Waals surface area (Å²) in [6.45, 7) is 1.49. The summed E-state index contributed by atoms with van der Waals surface area (Å²) in [4.78, 5) is 23.9. The maximum absolute atomic E-state index is 12.1. The monoisotopic (exact) mass is 359 g/mol. The molecule has 0 spiro atoms. The summed E-state index contributed by atoms with van der Waals surface area (Å²) in [7, 11) is 1.58. The van der Waals surface area contributed by atoms with Gasteiger partial charge in [-0.05, 0) is 42.8 Å². The van der Waals surface area contributed by atoms with E-state index in [9.17, 15) is 9.59 Å². The number of benzene rings is 2. The molecule has 0 aliphatic carbocycles. The number of ether oxygens (including phenoxy) is 2. The number of carbonyl (C=O) groups excluding carboxylic acids is 2. The number of hydrogen-bond donors (Lipinski definition) is 1. The Morgan fingerprint density at radius 3 is 2.44 bits per heavy atom. The molecule has 0 heterocycles. The first-order chi connectivity index (χ1) is 12.0. The first-order valence-corrected chi connectivity index (χ1v) is 7.95. The minimum atomic E-state index is -0.954. The average molecular weight is 360 g/mol. The molecule has 1 atom stereocenters. The molecule has 2 aromatic carbocycles. The number of nitrogens with one attached hydrogen (secondary N) is 1. The Kier molecular flexibility index (Phi) is 6.60. The Labute approximate surface area is 151 Å². The Hall–Kier alpha value is -2.79. The molecule has 2 rings (SSSR count). The number of methoxy groups -OCH3 is 1. The first-order valence-electron chi connectivity index (χ1n) is 7.57. The van der Waals surface area contributed by atoms with E-state index in [2.05, 4.69) is 5.32 Å². The van der Waals surface area contributed by atoms with Crippen molar-refractivity contribution >= 4 is 35.2 Å². The Morgan fingerprint density at radius 2 is 1.80 bits per heavy atom. The highest BCUT2D eigenvalue weighted by molar-refractivity contribution is 6.33. The summed E-state index contributed by atoms with van der Waals surface area (Å²) in [6, 6.07) is 14.0. The minimum absolute atomic E-state index is 0.411. The topological polar surface area (TPSA) is 64.6 Å². The molecule has 0 aliphatic rings. The number of anilines is 1. The lowest BCUT2D eigenvalue weighted by Gasteiger charge is -2.13. The van der Waals surface area contributed by atoms with E-state index in [4.69, 9.17) is 21.1 Å². The number of para-hydroxylation sites is 1. The summed E-state index contributed by atoms with van der Waals surface area (Å²) in [5.41, 5.74) is 1.27. The van der Waals surface area contributed by atoms with Crippen LogP contribution in [-0.2, 0) is 14.3 Å². The second-order valence-corrected chi connectivity index (χ2v) is 5.56. The van der Waals surface area contributed by atoms with Crippen LogP contribution in [0.4, 0.5) is 5.69 Å². The summed E-state index contributed by atoms with van der Waals surface area (Å²) in [5, 5.41) is 3.03. The van der Waals surface area contributed by atoms with Gasteiger partial charge in [0.15, 0.2) is 6.10 Å². The van der Waals surface area contributed by atoms with Crippen LogP contribution in [0.1, 0.15) is 12.5 Å². The average Bonchev–Trinajstić information content (AvgIpc) is 2.62. The molecule has 0 aliphatic heterocycles. The first kappa shape index (κ1) is 18.5. The molecule has 1 amide bonds. The molecule has 0 aromatic heterocycles. The quantitative estimate of drug-likeness (QED) is 0.627. The molecule has 0 bridgehead atoms. The van der Waals surface area contributed by atoms with E-state index in [0.717, 1.165) is 11.3 Å². The van der Waals surface area contributed by atoms with E-state index in [-0.39, 0.29) is 0 Å². The Bertz CT molecular complexity index is 771. The van der Waals surface area contributed by atoms with Crippen LogP contribution >= 0.6 is 11.6 Å². The second kappa shape index (κ2) is 8.89. The molecule has 0 saturated heterocycles. The van der Waals surface area contributed by atoms with Gasteiger partial charge in [-0.15, -0.1) is 0 Å². The van der Waals surface area contributed by atoms with Gasteiger partial charge in [0.2, 0.25) is 0 Å². The van der Waals surface area contributed by atoms with Gasteiger partial charge in [0.25, 0.3) is 5.91 Å². The number of rotatable bonds is 6. The lowest BCUT2D eigenvalue weighted by Crippen LogP contribution is -2.29. The van der Waals surface area contributed by atoms with Gasteiger partial charge < -0.3 is 14.8 Å². The molecular weight excluding hydrogens is 342 g/mol. The highest BCUT2D eigenvalue weighted by Crippen LogP contribution is 2.20. The van der Waals surface area contributed by atoms with Crippen LogP contribution < -0.4 is 10.1 Å². The van der Waals surface area contributed by atoms with Crippen LogP contribution in [0, 0.1) is 0 Å². The third kappa shape index (κ3) is 5.65. The van der Waals surface area contributed by atoms with E-state index in [1.165, 1.54) is 13.0 Å². The lowest BCUT2D eigenvalue weighted by atomic mass is 10.2. The smallest absolute Gasteiger partial charge is 0.331 e. The van der Waals surface area contributed by atoms with Gasteiger partial charge in [0, 0.05) is 6.08 Å². The maximum atomic E-state index is 12.1. The van der Waals surface area contributed by atoms with E-state index < -0.39 is 18.0 Å². The van der Waals surface area contributed by atoms with Gasteiger partial charge in [-0.2, -0.15) is 0 Å². The van der Waals surface area contributed by atoms with Gasteiger partial charge in [0.1, 0.15) is 5.75 Å². The lowest BCUT2D eigenvalue weighted by molar-refractivity contribution is -0.148. The molecule has 0 radical (unpaired) electrons. The molecule has 6 heteroatoms. The van der Waals surface area contributed by atoms with E-state index in [1.807, 2.05) is 0 Å². The van der Waals surface area contributed by atoms with Crippen LogP contribution in [0.25, 0.3) is 6.08 Å². The summed E-state index contributed by atoms with van der Waals surface area (Å²) in [6.07, 6.45) is 1.91. The van der Waals surface area contributed by atoms with Crippen molar-refractivity contribution < 1.29 is 19.1 Å². The Morgan fingerprint density at radius 1 is 1.12 bits per heavy atom. The molecule has 130 valence electrons. The summed E-state index contributed by atoms with van der Waals surface area (Å²) >= 11 is 5.98. The van der Waals surface area contributed by atoms with Crippen molar-refractivity contribution in [3.63, 3.8) is 0 Å². The third-order valence-corrected chi connectivity index (χ3v) is 3.65. The van der Waals surface area contributed by atoms with Gasteiger partial charge in [-0.3, -0.25) is 4.79 Å². The number of halogens is 1. The van der Waals surface area contributed by atoms with Crippen LogP contribution in [0.5, 0.6) is 5.75 Å².